The first-order valence-corrected chi connectivity index (χ1v) is 6.12. The highest BCUT2D eigenvalue weighted by molar-refractivity contribution is 5.82. The lowest BCUT2D eigenvalue weighted by Gasteiger charge is -2.14. The SMILES string of the molecule is CO[C@H](C(=O)NC/C=C/CNC(=O)O)c1ccccc1. The van der Waals surface area contributed by atoms with Crippen LogP contribution in [0.1, 0.15) is 11.7 Å². The molecule has 108 valence electrons. The van der Waals surface area contributed by atoms with Gasteiger partial charge in [-0.15, -0.1) is 0 Å². The van der Waals surface area contributed by atoms with Gasteiger partial charge in [-0.2, -0.15) is 0 Å². The Kier molecular flexibility index (Phi) is 6.84. The van der Waals surface area contributed by atoms with E-state index in [1.165, 1.54) is 7.11 Å². The molecule has 20 heavy (non-hydrogen) atoms. The van der Waals surface area contributed by atoms with E-state index in [4.69, 9.17) is 9.84 Å². The van der Waals surface area contributed by atoms with E-state index >= 15 is 0 Å². The number of carbonyl (C=O) groups excluding carboxylic acids is 1. The lowest BCUT2D eigenvalue weighted by atomic mass is 10.1. The van der Waals surface area contributed by atoms with E-state index in [1.807, 2.05) is 30.3 Å². The third kappa shape index (κ3) is 5.53. The third-order valence-electron chi connectivity index (χ3n) is 2.51. The van der Waals surface area contributed by atoms with Crippen LogP contribution in [0.5, 0.6) is 0 Å². The van der Waals surface area contributed by atoms with Gasteiger partial charge in [0.2, 0.25) is 0 Å². The molecule has 0 aromatic heterocycles. The van der Waals surface area contributed by atoms with Gasteiger partial charge >= 0.3 is 6.09 Å². The van der Waals surface area contributed by atoms with Crippen LogP contribution in [0.4, 0.5) is 4.79 Å². The van der Waals surface area contributed by atoms with E-state index in [0.717, 1.165) is 5.56 Å². The van der Waals surface area contributed by atoms with E-state index in [9.17, 15) is 9.59 Å². The number of methoxy groups -OCH3 is 1. The van der Waals surface area contributed by atoms with Crippen LogP contribution < -0.4 is 10.6 Å². The summed E-state index contributed by atoms with van der Waals surface area (Å²) in [6.45, 7) is 0.518. The predicted molar refractivity (Wildman–Crippen MR) is 74.4 cm³/mol. The molecular weight excluding hydrogens is 260 g/mol. The minimum Gasteiger partial charge on any atom is -0.465 e. The molecule has 1 aromatic rings. The van der Waals surface area contributed by atoms with Crippen molar-refractivity contribution in [3.8, 4) is 0 Å². The first-order valence-electron chi connectivity index (χ1n) is 6.12. The van der Waals surface area contributed by atoms with Crippen molar-refractivity contribution >= 4 is 12.0 Å². The van der Waals surface area contributed by atoms with E-state index in [1.54, 1.807) is 12.2 Å². The minimum absolute atomic E-state index is 0.206. The van der Waals surface area contributed by atoms with Crippen LogP contribution in [-0.4, -0.2) is 37.3 Å². The van der Waals surface area contributed by atoms with Gasteiger partial charge in [0.15, 0.2) is 6.10 Å². The highest BCUT2D eigenvalue weighted by atomic mass is 16.5. The minimum atomic E-state index is -1.08. The fraction of sp³-hybridized carbons (Fsp3) is 0.286. The summed E-state index contributed by atoms with van der Waals surface area (Å²) in [6, 6.07) is 9.19. The van der Waals surface area contributed by atoms with Crippen LogP contribution in [0.15, 0.2) is 42.5 Å². The fourth-order valence-electron chi connectivity index (χ4n) is 1.59. The Morgan fingerprint density at radius 2 is 1.80 bits per heavy atom. The van der Waals surface area contributed by atoms with E-state index < -0.39 is 12.2 Å². The molecule has 3 N–H and O–H groups in total. The van der Waals surface area contributed by atoms with Gasteiger partial charge in [0.1, 0.15) is 0 Å². The summed E-state index contributed by atoms with van der Waals surface area (Å²) < 4.78 is 5.18. The topological polar surface area (TPSA) is 87.7 Å². The van der Waals surface area contributed by atoms with Gasteiger partial charge in [0.25, 0.3) is 5.91 Å². The molecule has 0 aliphatic heterocycles. The standard InChI is InChI=1S/C14H18N2O4/c1-20-12(11-7-3-2-4-8-11)13(17)15-9-5-6-10-16-14(18)19/h2-8,12,16H,9-10H2,1H3,(H,15,17)(H,18,19)/b6-5+/t12-/m0/s1. The molecule has 0 saturated heterocycles. The Balaban J connectivity index is 2.39. The average Bonchev–Trinajstić information content (AvgIpc) is 2.44. The highest BCUT2D eigenvalue weighted by Gasteiger charge is 2.18. The maximum absolute atomic E-state index is 11.9. The van der Waals surface area contributed by atoms with Crippen LogP contribution in [0.2, 0.25) is 0 Å². The van der Waals surface area contributed by atoms with Crippen LogP contribution in [0, 0.1) is 0 Å². The molecule has 6 nitrogen and oxygen atoms in total. The summed E-state index contributed by atoms with van der Waals surface area (Å²) in [5, 5.41) is 13.2. The molecule has 0 aliphatic rings. The summed E-state index contributed by atoms with van der Waals surface area (Å²) in [4.78, 5) is 22.1. The van der Waals surface area contributed by atoms with E-state index in [-0.39, 0.29) is 12.5 Å². The molecule has 0 unspecified atom stereocenters. The van der Waals surface area contributed by atoms with Gasteiger partial charge in [-0.3, -0.25) is 4.79 Å². The molecular formula is C14H18N2O4. The molecule has 1 atom stereocenters. The summed E-state index contributed by atoms with van der Waals surface area (Å²) in [7, 11) is 1.48. The molecule has 1 rings (SSSR count). The molecule has 0 saturated carbocycles. The molecule has 2 amide bonds. The Hall–Kier alpha value is -2.34. The van der Waals surface area contributed by atoms with Crippen molar-refractivity contribution in [1.82, 2.24) is 10.6 Å². The summed E-state index contributed by atoms with van der Waals surface area (Å²) in [5.41, 5.74) is 0.782. The maximum Gasteiger partial charge on any atom is 0.404 e. The maximum atomic E-state index is 11.9. The van der Waals surface area contributed by atoms with Crippen LogP contribution in [0.3, 0.4) is 0 Å². The number of amides is 2. The fourth-order valence-corrected chi connectivity index (χ4v) is 1.59. The van der Waals surface area contributed by atoms with Crippen molar-refractivity contribution in [2.24, 2.45) is 0 Å². The molecule has 1 aromatic carbocycles. The second-order valence-corrected chi connectivity index (χ2v) is 3.93. The number of rotatable bonds is 7. The zero-order valence-electron chi connectivity index (χ0n) is 11.2. The Labute approximate surface area is 117 Å². The van der Waals surface area contributed by atoms with Crippen molar-refractivity contribution in [3.63, 3.8) is 0 Å². The van der Waals surface area contributed by atoms with E-state index in [2.05, 4.69) is 10.6 Å². The number of ether oxygens (including phenoxy) is 1. The summed E-state index contributed by atoms with van der Waals surface area (Å²) >= 11 is 0. The third-order valence-corrected chi connectivity index (χ3v) is 2.51. The molecule has 0 aliphatic carbocycles. The normalized spacial score (nSPS) is 12.1. The average molecular weight is 278 g/mol. The zero-order valence-corrected chi connectivity index (χ0v) is 11.2. The van der Waals surface area contributed by atoms with Gasteiger partial charge < -0.3 is 20.5 Å². The molecule has 0 radical (unpaired) electrons. The van der Waals surface area contributed by atoms with Crippen LogP contribution in [-0.2, 0) is 9.53 Å². The van der Waals surface area contributed by atoms with Gasteiger partial charge in [-0.05, 0) is 5.56 Å². The van der Waals surface area contributed by atoms with Crippen molar-refractivity contribution in [1.29, 1.82) is 0 Å². The van der Waals surface area contributed by atoms with Gasteiger partial charge in [-0.25, -0.2) is 4.79 Å². The second-order valence-electron chi connectivity index (χ2n) is 3.93. The van der Waals surface area contributed by atoms with Crippen molar-refractivity contribution in [2.45, 2.75) is 6.10 Å². The van der Waals surface area contributed by atoms with Gasteiger partial charge in [0, 0.05) is 20.2 Å². The lowest BCUT2D eigenvalue weighted by Crippen LogP contribution is -2.30. The molecule has 0 bridgehead atoms. The van der Waals surface area contributed by atoms with Crippen molar-refractivity contribution in [3.05, 3.63) is 48.0 Å². The molecule has 6 heteroatoms. The number of carboxylic acid groups (broad SMARTS) is 1. The number of carbonyl (C=O) groups is 2. The quantitative estimate of drug-likeness (QED) is 0.656. The van der Waals surface area contributed by atoms with Crippen molar-refractivity contribution < 1.29 is 19.4 Å². The van der Waals surface area contributed by atoms with E-state index in [0.29, 0.717) is 6.54 Å². The number of benzene rings is 1. The Bertz CT molecular complexity index is 460. The second kappa shape index (κ2) is 8.71. The number of nitrogens with one attached hydrogen (secondary N) is 2. The Morgan fingerprint density at radius 3 is 2.35 bits per heavy atom. The highest BCUT2D eigenvalue weighted by Crippen LogP contribution is 2.15. The van der Waals surface area contributed by atoms with Crippen LogP contribution >= 0.6 is 0 Å². The smallest absolute Gasteiger partial charge is 0.404 e. The zero-order chi connectivity index (χ0) is 14.8. The first-order chi connectivity index (χ1) is 9.65. The van der Waals surface area contributed by atoms with Crippen molar-refractivity contribution in [2.75, 3.05) is 20.2 Å². The molecule has 0 fully saturated rings. The van der Waals surface area contributed by atoms with Gasteiger partial charge in [-0.1, -0.05) is 42.5 Å². The largest absolute Gasteiger partial charge is 0.465 e. The summed E-state index contributed by atoms with van der Waals surface area (Å²) in [6.07, 6.45) is 1.56. The molecule has 0 spiro atoms. The summed E-state index contributed by atoms with van der Waals surface area (Å²) in [5.74, 6) is -0.241. The molecule has 0 heterocycles. The number of hydrogen-bond donors (Lipinski definition) is 3. The number of hydrogen-bond acceptors (Lipinski definition) is 3. The first kappa shape index (κ1) is 15.7. The van der Waals surface area contributed by atoms with Gasteiger partial charge in [0.05, 0.1) is 0 Å². The Morgan fingerprint density at radius 1 is 1.20 bits per heavy atom. The predicted octanol–water partition coefficient (Wildman–Crippen LogP) is 1.31. The van der Waals surface area contributed by atoms with Crippen LogP contribution in [0.25, 0.3) is 0 Å². The lowest BCUT2D eigenvalue weighted by molar-refractivity contribution is -0.131. The monoisotopic (exact) mass is 278 g/mol.